The van der Waals surface area contributed by atoms with Gasteiger partial charge in [-0.1, -0.05) is 6.07 Å². The van der Waals surface area contributed by atoms with Gasteiger partial charge in [-0.3, -0.25) is 14.5 Å². The summed E-state index contributed by atoms with van der Waals surface area (Å²) in [6.45, 7) is 3.14. The van der Waals surface area contributed by atoms with Gasteiger partial charge in [0.15, 0.2) is 0 Å². The number of likely N-dealkylation sites (tertiary alicyclic amines) is 1. The first-order chi connectivity index (χ1) is 16.5. The molecule has 2 fully saturated rings. The van der Waals surface area contributed by atoms with Crippen LogP contribution in [-0.4, -0.2) is 57.9 Å². The van der Waals surface area contributed by atoms with Gasteiger partial charge in [0, 0.05) is 30.7 Å². The van der Waals surface area contributed by atoms with Gasteiger partial charge in [-0.2, -0.15) is 17.5 Å². The topological polar surface area (TPSA) is 94.6 Å². The standard InChI is InChI=1S/C24H29F3N4O3S/c1-15-11-20(35-30-15)23(34)8-5-19(6-9-23)31-10-7-18(14-31)29-21(32)13-28-22(33)16-3-2-4-17(12-16)24(25,26)27/h2-4,11-12,18-19,34H,5-10,13-14H2,1H3,(H,28,33)(H,29,32)/t18-,19?,23?/m1/s1. The number of rotatable bonds is 6. The Labute approximate surface area is 205 Å². The van der Waals surface area contributed by atoms with Crippen LogP contribution in [-0.2, 0) is 16.6 Å². The van der Waals surface area contributed by atoms with Crippen LogP contribution in [0.2, 0.25) is 0 Å². The molecule has 11 heteroatoms. The fourth-order valence-electron chi connectivity index (χ4n) is 4.89. The van der Waals surface area contributed by atoms with Crippen molar-refractivity contribution in [1.82, 2.24) is 19.9 Å². The van der Waals surface area contributed by atoms with Gasteiger partial charge in [-0.05, 0) is 74.8 Å². The second kappa shape index (κ2) is 10.2. The summed E-state index contributed by atoms with van der Waals surface area (Å²) in [5.41, 5.74) is -0.952. The molecule has 1 saturated heterocycles. The van der Waals surface area contributed by atoms with Gasteiger partial charge >= 0.3 is 6.18 Å². The van der Waals surface area contributed by atoms with Crippen LogP contribution in [0.15, 0.2) is 30.3 Å². The van der Waals surface area contributed by atoms with Crippen molar-refractivity contribution < 1.29 is 27.9 Å². The van der Waals surface area contributed by atoms with Crippen molar-refractivity contribution in [2.75, 3.05) is 19.6 Å². The van der Waals surface area contributed by atoms with E-state index in [9.17, 15) is 27.9 Å². The largest absolute Gasteiger partial charge is 0.416 e. The first kappa shape index (κ1) is 25.6. The quantitative estimate of drug-likeness (QED) is 0.555. The number of benzene rings is 1. The maximum atomic E-state index is 12.8. The van der Waals surface area contributed by atoms with E-state index in [-0.39, 0.29) is 24.1 Å². The van der Waals surface area contributed by atoms with E-state index in [1.807, 2.05) is 13.0 Å². The highest BCUT2D eigenvalue weighted by atomic mass is 32.1. The van der Waals surface area contributed by atoms with Crippen LogP contribution in [0.4, 0.5) is 13.2 Å². The van der Waals surface area contributed by atoms with Crippen LogP contribution < -0.4 is 10.6 Å². The van der Waals surface area contributed by atoms with Gasteiger partial charge < -0.3 is 15.7 Å². The molecule has 1 saturated carbocycles. The molecule has 7 nitrogen and oxygen atoms in total. The van der Waals surface area contributed by atoms with E-state index < -0.39 is 23.2 Å². The van der Waals surface area contributed by atoms with Crippen LogP contribution in [0, 0.1) is 6.92 Å². The average Bonchev–Trinajstić information content (AvgIpc) is 3.47. The van der Waals surface area contributed by atoms with Crippen LogP contribution in [0.25, 0.3) is 0 Å². The normalized spacial score (nSPS) is 25.4. The maximum Gasteiger partial charge on any atom is 0.416 e. The molecule has 3 N–H and O–H groups in total. The third-order valence-corrected chi connectivity index (χ3v) is 7.91. The Kier molecular flexibility index (Phi) is 7.48. The maximum absolute atomic E-state index is 12.8. The number of hydrogen-bond acceptors (Lipinski definition) is 6. The molecule has 1 aromatic carbocycles. The third-order valence-electron chi connectivity index (χ3n) is 6.83. The van der Waals surface area contributed by atoms with E-state index >= 15 is 0 Å². The van der Waals surface area contributed by atoms with Crippen LogP contribution in [0.5, 0.6) is 0 Å². The first-order valence-corrected chi connectivity index (χ1v) is 12.5. The summed E-state index contributed by atoms with van der Waals surface area (Å²) in [5.74, 6) is -1.11. The van der Waals surface area contributed by atoms with Gasteiger partial charge in [-0.15, -0.1) is 0 Å². The molecule has 35 heavy (non-hydrogen) atoms. The summed E-state index contributed by atoms with van der Waals surface area (Å²) in [7, 11) is 0. The average molecular weight is 511 g/mol. The van der Waals surface area contributed by atoms with Crippen LogP contribution >= 0.6 is 11.5 Å². The molecular weight excluding hydrogens is 481 g/mol. The summed E-state index contributed by atoms with van der Waals surface area (Å²) in [6.07, 6.45) is -0.688. The minimum absolute atomic E-state index is 0.0575. The molecule has 0 bridgehead atoms. The number of alkyl halides is 3. The monoisotopic (exact) mass is 510 g/mol. The van der Waals surface area contributed by atoms with Gasteiger partial charge in [0.1, 0.15) is 5.60 Å². The van der Waals surface area contributed by atoms with Crippen molar-refractivity contribution >= 4 is 23.3 Å². The second-order valence-corrected chi connectivity index (χ2v) is 10.2. The van der Waals surface area contributed by atoms with Crippen molar-refractivity contribution in [2.24, 2.45) is 0 Å². The number of halogens is 3. The minimum Gasteiger partial charge on any atom is -0.384 e. The van der Waals surface area contributed by atoms with Gasteiger partial charge in [0.2, 0.25) is 5.91 Å². The summed E-state index contributed by atoms with van der Waals surface area (Å²) < 4.78 is 42.8. The Balaban J connectivity index is 1.21. The lowest BCUT2D eigenvalue weighted by molar-refractivity contribution is -0.137. The van der Waals surface area contributed by atoms with E-state index in [4.69, 9.17) is 0 Å². The number of aryl methyl sites for hydroxylation is 1. The van der Waals surface area contributed by atoms with E-state index in [0.717, 1.165) is 54.6 Å². The fraction of sp³-hybridized carbons (Fsp3) is 0.542. The lowest BCUT2D eigenvalue weighted by Gasteiger charge is -2.39. The molecule has 0 unspecified atom stereocenters. The molecule has 2 heterocycles. The van der Waals surface area contributed by atoms with E-state index in [2.05, 4.69) is 19.9 Å². The summed E-state index contributed by atoms with van der Waals surface area (Å²) in [4.78, 5) is 27.8. The zero-order chi connectivity index (χ0) is 25.2. The first-order valence-electron chi connectivity index (χ1n) is 11.7. The molecule has 1 aliphatic carbocycles. The second-order valence-electron chi connectivity index (χ2n) is 9.40. The SMILES string of the molecule is Cc1cc(C2(O)CCC(N3CC[C@@H](NC(=O)CNC(=O)c4cccc(C(F)(F)F)c4)C3)CC2)sn1. The number of aromatic nitrogens is 1. The molecule has 0 spiro atoms. The molecular formula is C24H29F3N4O3S. The lowest BCUT2D eigenvalue weighted by atomic mass is 9.80. The molecule has 4 rings (SSSR count). The highest BCUT2D eigenvalue weighted by Gasteiger charge is 2.39. The molecule has 2 amide bonds. The highest BCUT2D eigenvalue weighted by Crippen LogP contribution is 2.41. The third kappa shape index (κ3) is 6.20. The Bertz CT molecular complexity index is 1070. The van der Waals surface area contributed by atoms with Gasteiger partial charge in [0.25, 0.3) is 5.91 Å². The predicted octanol–water partition coefficient (Wildman–Crippen LogP) is 3.22. The number of amides is 2. The number of aliphatic hydroxyl groups is 1. The highest BCUT2D eigenvalue weighted by molar-refractivity contribution is 7.06. The molecule has 1 aliphatic heterocycles. The number of hydrogen-bond donors (Lipinski definition) is 3. The summed E-state index contributed by atoms with van der Waals surface area (Å²) in [5, 5.41) is 16.3. The van der Waals surface area contributed by atoms with Crippen LogP contribution in [0.1, 0.15) is 58.6 Å². The summed E-state index contributed by atoms with van der Waals surface area (Å²) >= 11 is 1.36. The number of carbonyl (C=O) groups excluding carboxylic acids is 2. The summed E-state index contributed by atoms with van der Waals surface area (Å²) in [6, 6.07) is 6.34. The Hall–Kier alpha value is -2.50. The molecule has 1 atom stereocenters. The predicted molar refractivity (Wildman–Crippen MR) is 125 cm³/mol. The Morgan fingerprint density at radius 1 is 1.23 bits per heavy atom. The smallest absolute Gasteiger partial charge is 0.384 e. The fourth-order valence-corrected chi connectivity index (χ4v) is 5.78. The van der Waals surface area contributed by atoms with Crippen molar-refractivity contribution in [3.63, 3.8) is 0 Å². The molecule has 2 aliphatic rings. The zero-order valence-corrected chi connectivity index (χ0v) is 20.2. The molecule has 0 radical (unpaired) electrons. The van der Waals surface area contributed by atoms with Gasteiger partial charge in [-0.25, -0.2) is 0 Å². The lowest BCUT2D eigenvalue weighted by Crippen LogP contribution is -2.45. The zero-order valence-electron chi connectivity index (χ0n) is 19.4. The van der Waals surface area contributed by atoms with Crippen LogP contribution in [0.3, 0.4) is 0 Å². The van der Waals surface area contributed by atoms with Crippen molar-refractivity contribution in [3.05, 3.63) is 52.0 Å². The van der Waals surface area contributed by atoms with E-state index in [0.29, 0.717) is 25.4 Å². The number of nitrogens with zero attached hydrogens (tertiary/aromatic N) is 2. The van der Waals surface area contributed by atoms with Gasteiger partial charge in [0.05, 0.1) is 22.7 Å². The minimum atomic E-state index is -4.54. The Morgan fingerprint density at radius 3 is 2.63 bits per heavy atom. The van der Waals surface area contributed by atoms with E-state index in [1.54, 1.807) is 0 Å². The molecule has 1 aromatic heterocycles. The Morgan fingerprint density at radius 2 is 1.97 bits per heavy atom. The number of carbonyl (C=O) groups is 2. The van der Waals surface area contributed by atoms with Crippen molar-refractivity contribution in [1.29, 1.82) is 0 Å². The van der Waals surface area contributed by atoms with Crippen molar-refractivity contribution in [3.8, 4) is 0 Å². The van der Waals surface area contributed by atoms with Crippen molar-refractivity contribution in [2.45, 2.75) is 62.9 Å². The van der Waals surface area contributed by atoms with E-state index in [1.165, 1.54) is 17.6 Å². The molecule has 190 valence electrons. The number of nitrogens with one attached hydrogen (secondary N) is 2. The molecule has 2 aromatic rings.